The van der Waals surface area contributed by atoms with E-state index < -0.39 is 32.0 Å². The second-order valence-electron chi connectivity index (χ2n) is 7.57. The van der Waals surface area contributed by atoms with Crippen LogP contribution in [0, 0.1) is 0 Å². The summed E-state index contributed by atoms with van der Waals surface area (Å²) in [7, 11) is -8.87. The van der Waals surface area contributed by atoms with Crippen LogP contribution in [0.25, 0.3) is 26.7 Å². The summed E-state index contributed by atoms with van der Waals surface area (Å²) in [5.41, 5.74) is 2.62. The molecule has 5 rings (SSSR count). The van der Waals surface area contributed by atoms with Gasteiger partial charge in [0.05, 0.1) is 11.8 Å². The molecule has 2 aromatic heterocycles. The lowest BCUT2D eigenvalue weighted by Crippen LogP contribution is -2.39. The Labute approximate surface area is 213 Å². The molecular formula is C21H16ClN2O7S4+. The number of thiophene rings is 1. The molecule has 0 atom stereocenters. The number of aromatic nitrogens is 1. The smallest absolute Gasteiger partial charge is 0.326 e. The second kappa shape index (κ2) is 8.85. The summed E-state index contributed by atoms with van der Waals surface area (Å²) in [4.78, 5) is 1.29. The van der Waals surface area contributed by atoms with Gasteiger partial charge in [0, 0.05) is 6.07 Å². The number of anilines is 1. The highest BCUT2D eigenvalue weighted by molar-refractivity contribution is 7.85. The molecule has 182 valence electrons. The van der Waals surface area contributed by atoms with Crippen molar-refractivity contribution in [2.24, 2.45) is 0 Å². The van der Waals surface area contributed by atoms with Crippen LogP contribution in [0.2, 0.25) is 4.34 Å². The minimum absolute atomic E-state index is 0.0620. The molecule has 0 fully saturated rings. The maximum atomic E-state index is 11.8. The highest BCUT2D eigenvalue weighted by Crippen LogP contribution is 2.43. The van der Waals surface area contributed by atoms with Crippen LogP contribution < -0.4 is 14.2 Å². The summed E-state index contributed by atoms with van der Waals surface area (Å²) in [6, 6.07) is 16.3. The largest absolute Gasteiger partial charge is 0.438 e. The SMILES string of the molecule is O=S(=O)(O)CN1C(=Cc2sc3sc(Cl)cc3[n+]2CS(=O)(=O)O)Oc2ccc(-c3ccccc3)cc21. The van der Waals surface area contributed by atoms with Gasteiger partial charge in [-0.1, -0.05) is 59.3 Å². The second-order valence-corrected chi connectivity index (χ2v) is 13.4. The van der Waals surface area contributed by atoms with Crippen molar-refractivity contribution in [2.45, 2.75) is 5.88 Å². The zero-order chi connectivity index (χ0) is 25.0. The maximum absolute atomic E-state index is 11.8. The molecule has 0 amide bonds. The van der Waals surface area contributed by atoms with E-state index in [1.165, 1.54) is 38.2 Å². The average molecular weight is 572 g/mol. The molecular weight excluding hydrogens is 556 g/mol. The molecule has 0 saturated heterocycles. The van der Waals surface area contributed by atoms with E-state index >= 15 is 0 Å². The van der Waals surface area contributed by atoms with Crippen LogP contribution in [0.4, 0.5) is 5.69 Å². The highest BCUT2D eigenvalue weighted by atomic mass is 35.5. The van der Waals surface area contributed by atoms with E-state index in [0.29, 0.717) is 30.3 Å². The number of thiazole rings is 1. The lowest BCUT2D eigenvalue weighted by molar-refractivity contribution is -0.649. The molecule has 35 heavy (non-hydrogen) atoms. The lowest BCUT2D eigenvalue weighted by atomic mass is 10.0. The van der Waals surface area contributed by atoms with Crippen LogP contribution >= 0.6 is 34.3 Å². The maximum Gasteiger partial charge on any atom is 0.326 e. The summed E-state index contributed by atoms with van der Waals surface area (Å²) in [6.45, 7) is 0. The molecule has 4 aromatic rings. The van der Waals surface area contributed by atoms with Crippen molar-refractivity contribution >= 4 is 75.8 Å². The number of nitrogens with zero attached hydrogens (tertiary/aromatic N) is 2. The van der Waals surface area contributed by atoms with Gasteiger partial charge in [0.2, 0.25) is 11.4 Å². The van der Waals surface area contributed by atoms with Gasteiger partial charge in [0.15, 0.2) is 15.6 Å². The van der Waals surface area contributed by atoms with E-state index in [0.717, 1.165) is 11.1 Å². The van der Waals surface area contributed by atoms with Gasteiger partial charge < -0.3 is 4.74 Å². The van der Waals surface area contributed by atoms with E-state index in [1.807, 2.05) is 36.4 Å². The highest BCUT2D eigenvalue weighted by Gasteiger charge is 2.33. The topological polar surface area (TPSA) is 125 Å². The van der Waals surface area contributed by atoms with Crippen LogP contribution in [0.1, 0.15) is 5.01 Å². The Morgan fingerprint density at radius 1 is 0.971 bits per heavy atom. The van der Waals surface area contributed by atoms with Gasteiger partial charge in [-0.25, -0.2) is 0 Å². The number of hydrogen-bond donors (Lipinski definition) is 2. The predicted molar refractivity (Wildman–Crippen MR) is 136 cm³/mol. The molecule has 0 bridgehead atoms. The molecule has 0 spiro atoms. The van der Waals surface area contributed by atoms with Crippen LogP contribution in [0.15, 0.2) is 60.5 Å². The Balaban J connectivity index is 1.63. The molecule has 3 heterocycles. The predicted octanol–water partition coefficient (Wildman–Crippen LogP) is 4.46. The number of benzene rings is 2. The van der Waals surface area contributed by atoms with E-state index in [1.54, 1.807) is 18.2 Å². The molecule has 2 aromatic carbocycles. The Morgan fingerprint density at radius 3 is 2.40 bits per heavy atom. The van der Waals surface area contributed by atoms with Crippen molar-refractivity contribution in [3.05, 3.63) is 69.8 Å². The monoisotopic (exact) mass is 571 g/mol. The Kier molecular flexibility index (Phi) is 6.12. The fourth-order valence-electron chi connectivity index (χ4n) is 3.69. The molecule has 0 radical (unpaired) electrons. The van der Waals surface area contributed by atoms with E-state index in [-0.39, 0.29) is 5.88 Å². The fraction of sp³-hybridized carbons (Fsp3) is 0.0952. The number of hydrogen-bond acceptors (Lipinski definition) is 8. The minimum Gasteiger partial charge on any atom is -0.438 e. The molecule has 1 aliphatic rings. The van der Waals surface area contributed by atoms with Crippen molar-refractivity contribution < 1.29 is 35.2 Å². The van der Waals surface area contributed by atoms with Crippen molar-refractivity contribution in [2.75, 3.05) is 10.8 Å². The Morgan fingerprint density at radius 2 is 1.71 bits per heavy atom. The summed E-state index contributed by atoms with van der Waals surface area (Å²) >= 11 is 8.50. The van der Waals surface area contributed by atoms with Gasteiger partial charge in [-0.3, -0.25) is 14.0 Å². The van der Waals surface area contributed by atoms with Crippen molar-refractivity contribution in [3.8, 4) is 16.9 Å². The summed E-state index contributed by atoms with van der Waals surface area (Å²) < 4.78 is 74.5. The average Bonchev–Trinajstić information content (AvgIpc) is 3.39. The molecule has 0 unspecified atom stereocenters. The van der Waals surface area contributed by atoms with Gasteiger partial charge in [0.25, 0.3) is 21.0 Å². The zero-order valence-electron chi connectivity index (χ0n) is 17.5. The van der Waals surface area contributed by atoms with Gasteiger partial charge in [-0.2, -0.15) is 21.4 Å². The lowest BCUT2D eigenvalue weighted by Gasteiger charge is -2.16. The molecule has 0 saturated carbocycles. The number of ether oxygens (including phenoxy) is 1. The first-order chi connectivity index (χ1) is 16.5. The summed E-state index contributed by atoms with van der Waals surface area (Å²) in [5.74, 6) is -1.09. The number of fused-ring (bicyclic) bond motifs is 2. The first-order valence-corrected chi connectivity index (χ1v) is 15.1. The first-order valence-electron chi connectivity index (χ1n) is 9.85. The fourth-order valence-corrected chi connectivity index (χ4v) is 7.65. The number of halogens is 1. The van der Waals surface area contributed by atoms with E-state index in [2.05, 4.69) is 0 Å². The standard InChI is InChI=1S/C21H15ClN2O7S4/c22-18-9-16-21(32-18)33-20(24(16)12-35(28,29)30)10-19-23(11-34(25,26)27)15-8-14(6-7-17(15)31-19)13-4-2-1-3-5-13/h1-10H,11-12H2,(H-,25,26,27,28,29,30)/p+1. The Hall–Kier alpha value is -2.52. The molecule has 9 nitrogen and oxygen atoms in total. The molecule has 1 aliphatic heterocycles. The van der Waals surface area contributed by atoms with E-state index in [9.17, 15) is 25.9 Å². The van der Waals surface area contributed by atoms with Crippen LogP contribution in [-0.4, -0.2) is 31.8 Å². The van der Waals surface area contributed by atoms with Gasteiger partial charge in [-0.15, -0.1) is 11.3 Å². The summed E-state index contributed by atoms with van der Waals surface area (Å²) in [5, 5.41) is 0.368. The van der Waals surface area contributed by atoms with Crippen molar-refractivity contribution in [1.29, 1.82) is 0 Å². The van der Waals surface area contributed by atoms with Crippen LogP contribution in [0.5, 0.6) is 5.75 Å². The summed E-state index contributed by atoms with van der Waals surface area (Å²) in [6.07, 6.45) is 1.46. The minimum atomic E-state index is -4.46. The third kappa shape index (κ3) is 5.21. The van der Waals surface area contributed by atoms with Crippen molar-refractivity contribution in [3.63, 3.8) is 0 Å². The van der Waals surface area contributed by atoms with Crippen molar-refractivity contribution in [1.82, 2.24) is 0 Å². The van der Waals surface area contributed by atoms with Gasteiger partial charge in [0.1, 0.15) is 4.34 Å². The Bertz CT molecular complexity index is 1690. The number of rotatable bonds is 6. The van der Waals surface area contributed by atoms with Crippen LogP contribution in [0.3, 0.4) is 0 Å². The molecule has 2 N–H and O–H groups in total. The van der Waals surface area contributed by atoms with Gasteiger partial charge in [-0.05, 0) is 23.3 Å². The van der Waals surface area contributed by atoms with Crippen LogP contribution in [-0.2, 0) is 26.1 Å². The third-order valence-corrected chi connectivity index (χ3v) is 8.73. The third-order valence-electron chi connectivity index (χ3n) is 5.07. The zero-order valence-corrected chi connectivity index (χ0v) is 21.6. The van der Waals surface area contributed by atoms with E-state index in [4.69, 9.17) is 16.3 Å². The first kappa shape index (κ1) is 24.2. The molecule has 0 aliphatic carbocycles. The quantitative estimate of drug-likeness (QED) is 0.257. The molecule has 14 heteroatoms. The normalized spacial score (nSPS) is 15.1. The van der Waals surface area contributed by atoms with Gasteiger partial charge >= 0.3 is 10.1 Å².